The lowest BCUT2D eigenvalue weighted by molar-refractivity contribution is 0.251. The highest BCUT2D eigenvalue weighted by Crippen LogP contribution is 2.38. The predicted molar refractivity (Wildman–Crippen MR) is 97.3 cm³/mol. The minimum atomic E-state index is -0.262. The van der Waals surface area contributed by atoms with Crippen molar-refractivity contribution in [3.8, 4) is 17.4 Å². The fraction of sp³-hybridized carbons (Fsp3) is 0.353. The molecule has 1 aromatic carbocycles. The topological polar surface area (TPSA) is 97.4 Å². The van der Waals surface area contributed by atoms with Gasteiger partial charge in [-0.3, -0.25) is 0 Å². The molecule has 2 aliphatic rings. The molecule has 2 amide bonds. The van der Waals surface area contributed by atoms with Crippen LogP contribution in [0, 0.1) is 0 Å². The van der Waals surface area contributed by atoms with Crippen molar-refractivity contribution >= 4 is 29.1 Å². The average molecular weight is 376 g/mol. The number of nitrogens with one attached hydrogen (secondary N) is 3. The second kappa shape index (κ2) is 6.87. The predicted octanol–water partition coefficient (Wildman–Crippen LogP) is 3.40. The Hall–Kier alpha value is -2.74. The highest BCUT2D eigenvalue weighted by Gasteiger charge is 2.24. The van der Waals surface area contributed by atoms with E-state index in [9.17, 15) is 4.79 Å². The molecule has 1 atom stereocenters. The van der Waals surface area contributed by atoms with Crippen LogP contribution in [0.2, 0.25) is 5.02 Å². The lowest BCUT2D eigenvalue weighted by Gasteiger charge is -2.24. The Morgan fingerprint density at radius 3 is 3.00 bits per heavy atom. The molecular formula is C17H18ClN5O3. The maximum atomic E-state index is 11.8. The monoisotopic (exact) mass is 375 g/mol. The molecule has 2 aromatic rings. The Balaban J connectivity index is 1.48. The van der Waals surface area contributed by atoms with Crippen LogP contribution in [-0.2, 0) is 0 Å². The zero-order chi connectivity index (χ0) is 18.1. The number of benzene rings is 1. The van der Waals surface area contributed by atoms with Crippen LogP contribution in [0.4, 0.5) is 16.3 Å². The van der Waals surface area contributed by atoms with Gasteiger partial charge in [-0.25, -0.2) is 9.78 Å². The maximum absolute atomic E-state index is 11.8. The molecule has 2 heterocycles. The lowest BCUT2D eigenvalue weighted by Crippen LogP contribution is -2.30. The van der Waals surface area contributed by atoms with Crippen LogP contribution in [0.25, 0.3) is 0 Å². The van der Waals surface area contributed by atoms with Crippen LogP contribution < -0.4 is 25.4 Å². The SMILES string of the molecule is C[C@@H]1COc2c(ncnc2Oc2ccc(NC(=O)NC3CC3)c(Cl)c2)N1. The van der Waals surface area contributed by atoms with Crippen LogP contribution in [0.3, 0.4) is 0 Å². The largest absolute Gasteiger partial charge is 0.483 e. The first kappa shape index (κ1) is 16.7. The Morgan fingerprint density at radius 2 is 2.23 bits per heavy atom. The number of anilines is 2. The minimum Gasteiger partial charge on any atom is -0.483 e. The number of halogens is 1. The van der Waals surface area contributed by atoms with Gasteiger partial charge in [0.05, 0.1) is 16.8 Å². The van der Waals surface area contributed by atoms with E-state index < -0.39 is 0 Å². The Labute approximate surface area is 155 Å². The smallest absolute Gasteiger partial charge is 0.319 e. The van der Waals surface area contributed by atoms with Crippen LogP contribution in [-0.4, -0.2) is 34.7 Å². The molecule has 0 spiro atoms. The fourth-order valence-corrected chi connectivity index (χ4v) is 2.71. The molecule has 3 N–H and O–H groups in total. The summed E-state index contributed by atoms with van der Waals surface area (Å²) in [6, 6.07) is 5.16. The second-order valence-corrected chi connectivity index (χ2v) is 6.74. The highest BCUT2D eigenvalue weighted by molar-refractivity contribution is 6.33. The minimum absolute atomic E-state index is 0.159. The molecule has 1 saturated carbocycles. The number of hydrogen-bond donors (Lipinski definition) is 3. The third-order valence-electron chi connectivity index (χ3n) is 3.95. The molecule has 4 rings (SSSR count). The molecule has 26 heavy (non-hydrogen) atoms. The van der Waals surface area contributed by atoms with Crippen molar-refractivity contribution in [2.45, 2.75) is 31.8 Å². The molecule has 1 fully saturated rings. The van der Waals surface area contributed by atoms with Crippen LogP contribution in [0.1, 0.15) is 19.8 Å². The van der Waals surface area contributed by atoms with Crippen molar-refractivity contribution in [2.24, 2.45) is 0 Å². The summed E-state index contributed by atoms with van der Waals surface area (Å²) in [5.41, 5.74) is 0.508. The van der Waals surface area contributed by atoms with E-state index in [1.165, 1.54) is 6.33 Å². The van der Waals surface area contributed by atoms with Crippen molar-refractivity contribution in [3.05, 3.63) is 29.5 Å². The number of rotatable bonds is 4. The van der Waals surface area contributed by atoms with Gasteiger partial charge < -0.3 is 25.4 Å². The van der Waals surface area contributed by atoms with Crippen LogP contribution >= 0.6 is 11.6 Å². The summed E-state index contributed by atoms with van der Waals surface area (Å²) >= 11 is 6.26. The molecule has 1 aliphatic carbocycles. The molecule has 8 nitrogen and oxygen atoms in total. The van der Waals surface area contributed by atoms with Gasteiger partial charge in [0.1, 0.15) is 18.7 Å². The number of aromatic nitrogens is 2. The number of hydrogen-bond acceptors (Lipinski definition) is 6. The van der Waals surface area contributed by atoms with Gasteiger partial charge in [0.25, 0.3) is 5.88 Å². The van der Waals surface area contributed by atoms with E-state index in [2.05, 4.69) is 25.9 Å². The normalized spacial score (nSPS) is 18.2. The molecule has 0 unspecified atom stereocenters. The van der Waals surface area contributed by atoms with Gasteiger partial charge in [0, 0.05) is 12.1 Å². The summed E-state index contributed by atoms with van der Waals surface area (Å²) in [6.07, 6.45) is 3.45. The molecule has 0 saturated heterocycles. The molecule has 136 valence electrons. The van der Waals surface area contributed by atoms with E-state index in [1.807, 2.05) is 6.92 Å². The van der Waals surface area contributed by atoms with Gasteiger partial charge in [0.15, 0.2) is 5.82 Å². The van der Waals surface area contributed by atoms with Crippen molar-refractivity contribution in [1.82, 2.24) is 15.3 Å². The zero-order valence-corrected chi connectivity index (χ0v) is 14.8. The molecular weight excluding hydrogens is 358 g/mol. The third-order valence-corrected chi connectivity index (χ3v) is 4.26. The fourth-order valence-electron chi connectivity index (χ4n) is 2.49. The number of ether oxygens (including phenoxy) is 2. The first-order valence-electron chi connectivity index (χ1n) is 8.38. The van der Waals surface area contributed by atoms with E-state index in [4.69, 9.17) is 21.1 Å². The van der Waals surface area contributed by atoms with Crippen LogP contribution in [0.5, 0.6) is 17.4 Å². The lowest BCUT2D eigenvalue weighted by atomic mass is 10.3. The van der Waals surface area contributed by atoms with Crippen molar-refractivity contribution in [1.29, 1.82) is 0 Å². The van der Waals surface area contributed by atoms with E-state index in [1.54, 1.807) is 18.2 Å². The van der Waals surface area contributed by atoms with Gasteiger partial charge in [-0.2, -0.15) is 4.98 Å². The number of nitrogens with zero attached hydrogens (tertiary/aromatic N) is 2. The summed E-state index contributed by atoms with van der Waals surface area (Å²) in [5.74, 6) is 1.84. The van der Waals surface area contributed by atoms with Gasteiger partial charge in [0.2, 0.25) is 5.75 Å². The number of carbonyl (C=O) groups excluding carboxylic acids is 1. The van der Waals surface area contributed by atoms with Crippen molar-refractivity contribution in [2.75, 3.05) is 17.2 Å². The summed E-state index contributed by atoms with van der Waals surface area (Å²) in [4.78, 5) is 20.1. The van der Waals surface area contributed by atoms with Gasteiger partial charge in [-0.15, -0.1) is 0 Å². The molecule has 1 aromatic heterocycles. The quantitative estimate of drug-likeness (QED) is 0.757. The Kier molecular flexibility index (Phi) is 4.42. The summed E-state index contributed by atoms with van der Waals surface area (Å²) < 4.78 is 11.5. The van der Waals surface area contributed by atoms with Gasteiger partial charge in [-0.1, -0.05) is 11.6 Å². The molecule has 9 heteroatoms. The van der Waals surface area contributed by atoms with E-state index in [-0.39, 0.29) is 18.1 Å². The van der Waals surface area contributed by atoms with Gasteiger partial charge >= 0.3 is 6.03 Å². The number of carbonyl (C=O) groups is 1. The number of amides is 2. The van der Waals surface area contributed by atoms with E-state index >= 15 is 0 Å². The Bertz CT molecular complexity index is 843. The van der Waals surface area contributed by atoms with E-state index in [0.29, 0.717) is 40.5 Å². The number of fused-ring (bicyclic) bond motifs is 1. The number of urea groups is 1. The summed E-state index contributed by atoms with van der Waals surface area (Å²) in [7, 11) is 0. The standard InChI is InChI=1S/C17H18ClN5O3/c1-9-7-25-14-15(21-9)19-8-20-16(14)26-11-4-5-13(12(18)6-11)23-17(24)22-10-2-3-10/h4-6,8-10H,2-3,7H2,1H3,(H,19,20,21)(H2,22,23,24)/t9-/m1/s1. The summed E-state index contributed by atoms with van der Waals surface area (Å²) in [5, 5.41) is 9.15. The molecule has 0 bridgehead atoms. The Morgan fingerprint density at radius 1 is 1.38 bits per heavy atom. The zero-order valence-electron chi connectivity index (χ0n) is 14.1. The first-order chi connectivity index (χ1) is 12.6. The maximum Gasteiger partial charge on any atom is 0.319 e. The van der Waals surface area contributed by atoms with Gasteiger partial charge in [-0.05, 0) is 31.9 Å². The van der Waals surface area contributed by atoms with Crippen LogP contribution in [0.15, 0.2) is 24.5 Å². The second-order valence-electron chi connectivity index (χ2n) is 6.33. The first-order valence-corrected chi connectivity index (χ1v) is 8.75. The third kappa shape index (κ3) is 3.75. The highest BCUT2D eigenvalue weighted by atomic mass is 35.5. The average Bonchev–Trinajstić information content (AvgIpc) is 3.41. The molecule has 1 aliphatic heterocycles. The van der Waals surface area contributed by atoms with Crippen molar-refractivity contribution < 1.29 is 14.3 Å². The molecule has 0 radical (unpaired) electrons. The van der Waals surface area contributed by atoms with Crippen molar-refractivity contribution in [3.63, 3.8) is 0 Å². The summed E-state index contributed by atoms with van der Waals surface area (Å²) in [6.45, 7) is 2.49. The van der Waals surface area contributed by atoms with E-state index in [0.717, 1.165) is 12.8 Å².